The zero-order valence-corrected chi connectivity index (χ0v) is 10.7. The van der Waals surface area contributed by atoms with E-state index in [9.17, 15) is 4.79 Å². The molecule has 2 heterocycles. The van der Waals surface area contributed by atoms with Gasteiger partial charge in [0.15, 0.2) is 0 Å². The topological polar surface area (TPSA) is 41.1 Å². The smallest absolute Gasteiger partial charge is 0.238 e. The zero-order chi connectivity index (χ0) is 11.2. The van der Waals surface area contributed by atoms with E-state index in [1.54, 1.807) is 11.3 Å². The molecular weight excluding hydrogens is 240 g/mol. The molecule has 1 aliphatic rings. The van der Waals surface area contributed by atoms with Crippen LogP contribution in [0.25, 0.3) is 0 Å². The van der Waals surface area contributed by atoms with Crippen molar-refractivity contribution in [1.82, 2.24) is 10.6 Å². The van der Waals surface area contributed by atoms with Crippen molar-refractivity contribution < 1.29 is 4.79 Å². The maximum atomic E-state index is 11.7. The molecule has 16 heavy (non-hydrogen) atoms. The third-order valence-corrected chi connectivity index (χ3v) is 4.33. The predicted molar refractivity (Wildman–Crippen MR) is 70.1 cm³/mol. The summed E-state index contributed by atoms with van der Waals surface area (Å²) in [5.74, 6) is 2.14. The van der Waals surface area contributed by atoms with Gasteiger partial charge in [-0.05, 0) is 28.8 Å². The van der Waals surface area contributed by atoms with E-state index >= 15 is 0 Å². The molecule has 0 bridgehead atoms. The van der Waals surface area contributed by atoms with Gasteiger partial charge in [0.25, 0.3) is 0 Å². The highest BCUT2D eigenvalue weighted by Crippen LogP contribution is 2.08. The molecule has 1 aromatic rings. The second-order valence-electron chi connectivity index (χ2n) is 3.75. The number of thiophene rings is 1. The van der Waals surface area contributed by atoms with Crippen LogP contribution < -0.4 is 10.6 Å². The molecule has 1 saturated heterocycles. The van der Waals surface area contributed by atoms with Crippen molar-refractivity contribution >= 4 is 29.0 Å². The average Bonchev–Trinajstić information content (AvgIpc) is 2.83. The number of carbonyl (C=O) groups excluding carboxylic acids is 1. The summed E-state index contributed by atoms with van der Waals surface area (Å²) < 4.78 is 0. The summed E-state index contributed by atoms with van der Waals surface area (Å²) in [7, 11) is 0. The van der Waals surface area contributed by atoms with Crippen LogP contribution in [-0.2, 0) is 11.2 Å². The number of hydrogen-bond acceptors (Lipinski definition) is 4. The zero-order valence-electron chi connectivity index (χ0n) is 9.07. The van der Waals surface area contributed by atoms with Crippen molar-refractivity contribution in [3.63, 3.8) is 0 Å². The van der Waals surface area contributed by atoms with Crippen molar-refractivity contribution in [3.05, 3.63) is 22.4 Å². The summed E-state index contributed by atoms with van der Waals surface area (Å²) in [4.78, 5) is 11.7. The van der Waals surface area contributed by atoms with Crippen LogP contribution in [0.4, 0.5) is 0 Å². The first kappa shape index (κ1) is 12.0. The Morgan fingerprint density at radius 1 is 1.62 bits per heavy atom. The second-order valence-corrected chi connectivity index (χ2v) is 5.68. The SMILES string of the molecule is O=C(NCCc1ccsc1)C1CSCCN1. The Bertz CT molecular complexity index is 321. The van der Waals surface area contributed by atoms with E-state index in [0.29, 0.717) is 0 Å². The van der Waals surface area contributed by atoms with Crippen LogP contribution in [0.3, 0.4) is 0 Å². The van der Waals surface area contributed by atoms with Gasteiger partial charge in [-0.15, -0.1) is 0 Å². The fourth-order valence-electron chi connectivity index (χ4n) is 1.62. The van der Waals surface area contributed by atoms with Gasteiger partial charge in [-0.2, -0.15) is 23.1 Å². The number of thioether (sulfide) groups is 1. The molecule has 0 spiro atoms. The van der Waals surface area contributed by atoms with Gasteiger partial charge >= 0.3 is 0 Å². The van der Waals surface area contributed by atoms with Gasteiger partial charge in [0.1, 0.15) is 0 Å². The number of carbonyl (C=O) groups is 1. The van der Waals surface area contributed by atoms with Crippen LogP contribution >= 0.6 is 23.1 Å². The minimum absolute atomic E-state index is 0.00113. The van der Waals surface area contributed by atoms with Gasteiger partial charge in [-0.25, -0.2) is 0 Å². The van der Waals surface area contributed by atoms with Gasteiger partial charge in [0.2, 0.25) is 5.91 Å². The van der Waals surface area contributed by atoms with E-state index in [-0.39, 0.29) is 11.9 Å². The molecule has 2 N–H and O–H groups in total. The maximum absolute atomic E-state index is 11.7. The molecule has 2 rings (SSSR count). The van der Waals surface area contributed by atoms with Crippen LogP contribution in [0.15, 0.2) is 16.8 Å². The minimum Gasteiger partial charge on any atom is -0.354 e. The molecular formula is C11H16N2OS2. The largest absolute Gasteiger partial charge is 0.354 e. The third kappa shape index (κ3) is 3.50. The summed E-state index contributed by atoms with van der Waals surface area (Å²) in [5.41, 5.74) is 1.30. The lowest BCUT2D eigenvalue weighted by Crippen LogP contribution is -2.49. The number of rotatable bonds is 4. The van der Waals surface area contributed by atoms with Gasteiger partial charge in [0.05, 0.1) is 6.04 Å². The number of amides is 1. The first-order valence-electron chi connectivity index (χ1n) is 5.46. The van der Waals surface area contributed by atoms with E-state index in [1.165, 1.54) is 5.56 Å². The average molecular weight is 256 g/mol. The number of nitrogens with one attached hydrogen (secondary N) is 2. The molecule has 0 saturated carbocycles. The summed E-state index contributed by atoms with van der Waals surface area (Å²) in [6, 6.07) is 2.10. The Labute approximate surface area is 104 Å². The highest BCUT2D eigenvalue weighted by molar-refractivity contribution is 7.99. The second kappa shape index (κ2) is 6.27. The van der Waals surface area contributed by atoms with Crippen molar-refractivity contribution in [2.45, 2.75) is 12.5 Å². The molecule has 0 radical (unpaired) electrons. The van der Waals surface area contributed by atoms with Gasteiger partial charge in [-0.3, -0.25) is 4.79 Å². The Kier molecular flexibility index (Phi) is 4.69. The quantitative estimate of drug-likeness (QED) is 0.848. The lowest BCUT2D eigenvalue weighted by atomic mass is 10.2. The van der Waals surface area contributed by atoms with Crippen molar-refractivity contribution in [2.24, 2.45) is 0 Å². The fourth-order valence-corrected chi connectivity index (χ4v) is 3.26. The summed E-state index contributed by atoms with van der Waals surface area (Å²) >= 11 is 3.54. The summed E-state index contributed by atoms with van der Waals surface area (Å²) in [5, 5.41) is 10.4. The molecule has 0 aliphatic carbocycles. The van der Waals surface area contributed by atoms with E-state index in [0.717, 1.165) is 31.0 Å². The summed E-state index contributed by atoms with van der Waals surface area (Å²) in [6.45, 7) is 1.67. The first-order chi connectivity index (χ1) is 7.86. The molecule has 5 heteroatoms. The van der Waals surface area contributed by atoms with Crippen molar-refractivity contribution in [2.75, 3.05) is 24.6 Å². The van der Waals surface area contributed by atoms with E-state index < -0.39 is 0 Å². The van der Waals surface area contributed by atoms with Gasteiger partial charge in [0, 0.05) is 24.6 Å². The van der Waals surface area contributed by atoms with Crippen molar-refractivity contribution in [3.8, 4) is 0 Å². The molecule has 1 fully saturated rings. The van der Waals surface area contributed by atoms with Crippen molar-refractivity contribution in [1.29, 1.82) is 0 Å². The Morgan fingerprint density at radius 3 is 3.25 bits per heavy atom. The molecule has 1 amide bonds. The fraction of sp³-hybridized carbons (Fsp3) is 0.545. The molecule has 3 nitrogen and oxygen atoms in total. The molecule has 88 valence electrons. The lowest BCUT2D eigenvalue weighted by molar-refractivity contribution is -0.122. The van der Waals surface area contributed by atoms with Gasteiger partial charge < -0.3 is 10.6 Å². The molecule has 1 unspecified atom stereocenters. The van der Waals surface area contributed by atoms with E-state index in [4.69, 9.17) is 0 Å². The maximum Gasteiger partial charge on any atom is 0.238 e. The minimum atomic E-state index is 0.00113. The molecule has 1 aliphatic heterocycles. The van der Waals surface area contributed by atoms with Crippen LogP contribution in [0.5, 0.6) is 0 Å². The van der Waals surface area contributed by atoms with Crippen LogP contribution in [-0.4, -0.2) is 36.5 Å². The highest BCUT2D eigenvalue weighted by atomic mass is 32.2. The molecule has 1 aromatic heterocycles. The van der Waals surface area contributed by atoms with Gasteiger partial charge in [-0.1, -0.05) is 0 Å². The van der Waals surface area contributed by atoms with Crippen LogP contribution in [0.1, 0.15) is 5.56 Å². The summed E-state index contributed by atoms with van der Waals surface area (Å²) in [6.07, 6.45) is 0.926. The Morgan fingerprint density at radius 2 is 2.56 bits per heavy atom. The Balaban J connectivity index is 1.67. The molecule has 1 atom stereocenters. The Hall–Kier alpha value is -0.520. The first-order valence-corrected chi connectivity index (χ1v) is 7.56. The highest BCUT2D eigenvalue weighted by Gasteiger charge is 2.19. The van der Waals surface area contributed by atoms with Crippen LogP contribution in [0.2, 0.25) is 0 Å². The monoisotopic (exact) mass is 256 g/mol. The lowest BCUT2D eigenvalue weighted by Gasteiger charge is -2.22. The van der Waals surface area contributed by atoms with E-state index in [2.05, 4.69) is 27.5 Å². The number of hydrogen-bond donors (Lipinski definition) is 2. The van der Waals surface area contributed by atoms with E-state index in [1.807, 2.05) is 11.8 Å². The normalized spacial score (nSPS) is 20.6. The van der Waals surface area contributed by atoms with Crippen LogP contribution in [0, 0.1) is 0 Å². The third-order valence-electron chi connectivity index (χ3n) is 2.53. The standard InChI is InChI=1S/C11H16N2OS2/c14-11(10-8-16-6-4-12-10)13-3-1-9-2-5-15-7-9/h2,5,7,10,12H,1,3-4,6,8H2,(H,13,14). The molecule has 0 aromatic carbocycles. The predicted octanol–water partition coefficient (Wildman–Crippen LogP) is 1.11.